The second kappa shape index (κ2) is 9.22. The van der Waals surface area contributed by atoms with Gasteiger partial charge in [0.2, 0.25) is 0 Å². The number of rotatable bonds is 2. The quantitative estimate of drug-likeness (QED) is 0.366. The zero-order valence-corrected chi connectivity index (χ0v) is 7.77. The van der Waals surface area contributed by atoms with Gasteiger partial charge in [-0.3, -0.25) is 4.79 Å². The maximum atomic E-state index is 10.3. The highest BCUT2D eigenvalue weighted by Gasteiger charge is 2.02. The van der Waals surface area contributed by atoms with Gasteiger partial charge in [-0.2, -0.15) is 0 Å². The van der Waals surface area contributed by atoms with E-state index < -0.39 is 17.9 Å². The van der Waals surface area contributed by atoms with Gasteiger partial charge < -0.3 is 14.6 Å². The summed E-state index contributed by atoms with van der Waals surface area (Å²) >= 11 is 0. The molecule has 0 spiro atoms. The van der Waals surface area contributed by atoms with Crippen LogP contribution >= 0.6 is 0 Å². The van der Waals surface area contributed by atoms with Crippen LogP contribution in [0.3, 0.4) is 0 Å². The summed E-state index contributed by atoms with van der Waals surface area (Å²) in [5.74, 6) is -1.05. The lowest BCUT2D eigenvalue weighted by molar-refractivity contribution is -0.160. The van der Waals surface area contributed by atoms with Gasteiger partial charge >= 0.3 is 17.9 Å². The van der Waals surface area contributed by atoms with Gasteiger partial charge in [0.1, 0.15) is 6.61 Å². The topological polar surface area (TPSA) is 89.9 Å². The standard InChI is InChI=1S/C5H8O4.C3H2O2/c1-4(6)9-5(7)3-8-2;1-2-3(4)5/h3H2,1-2H3;1H,(H,4,5). The number of carboxylic acids is 1. The first-order chi connectivity index (χ1) is 6.43. The van der Waals surface area contributed by atoms with Crippen LogP contribution in [0.4, 0.5) is 0 Å². The fourth-order valence-electron chi connectivity index (χ4n) is 0.308. The van der Waals surface area contributed by atoms with E-state index in [2.05, 4.69) is 15.9 Å². The highest BCUT2D eigenvalue weighted by molar-refractivity contribution is 5.85. The van der Waals surface area contributed by atoms with E-state index >= 15 is 0 Å². The average molecular weight is 202 g/mol. The van der Waals surface area contributed by atoms with Gasteiger partial charge in [-0.25, -0.2) is 9.59 Å². The van der Waals surface area contributed by atoms with E-state index in [4.69, 9.17) is 9.90 Å². The molecule has 0 bridgehead atoms. The minimum atomic E-state index is -1.22. The van der Waals surface area contributed by atoms with Gasteiger partial charge in [-0.1, -0.05) is 0 Å². The Balaban J connectivity index is 0. The van der Waals surface area contributed by atoms with Crippen molar-refractivity contribution in [2.45, 2.75) is 6.92 Å². The number of aliphatic carboxylic acids is 1. The molecular formula is C8H10O6. The maximum Gasteiger partial charge on any atom is 0.381 e. The molecule has 0 unspecified atom stereocenters. The van der Waals surface area contributed by atoms with Crippen LogP contribution in [0.2, 0.25) is 0 Å². The number of esters is 2. The number of hydrogen-bond acceptors (Lipinski definition) is 5. The maximum absolute atomic E-state index is 10.3. The summed E-state index contributed by atoms with van der Waals surface area (Å²) in [7, 11) is 1.35. The summed E-state index contributed by atoms with van der Waals surface area (Å²) in [5.41, 5.74) is 0. The summed E-state index contributed by atoms with van der Waals surface area (Å²) in [6.07, 6.45) is 4.32. The van der Waals surface area contributed by atoms with Crippen LogP contribution in [0.5, 0.6) is 0 Å². The first-order valence-corrected chi connectivity index (χ1v) is 3.33. The Morgan fingerprint density at radius 1 is 1.43 bits per heavy atom. The van der Waals surface area contributed by atoms with Gasteiger partial charge in [0.25, 0.3) is 0 Å². The molecule has 0 saturated carbocycles. The van der Waals surface area contributed by atoms with Crippen LogP contribution in [-0.4, -0.2) is 36.7 Å². The first-order valence-electron chi connectivity index (χ1n) is 3.33. The largest absolute Gasteiger partial charge is 0.472 e. The lowest BCUT2D eigenvalue weighted by Crippen LogP contribution is -2.13. The monoisotopic (exact) mass is 202 g/mol. The fourth-order valence-corrected chi connectivity index (χ4v) is 0.308. The molecule has 14 heavy (non-hydrogen) atoms. The molecule has 0 fully saturated rings. The SMILES string of the molecule is C#CC(=O)O.COCC(=O)OC(C)=O. The van der Waals surface area contributed by atoms with Crippen molar-refractivity contribution in [3.8, 4) is 12.3 Å². The molecule has 6 nitrogen and oxygen atoms in total. The number of carbonyl (C=O) groups is 3. The van der Waals surface area contributed by atoms with Crippen molar-refractivity contribution < 1.29 is 29.0 Å². The predicted molar refractivity (Wildman–Crippen MR) is 45.1 cm³/mol. The molecule has 6 heteroatoms. The summed E-state index contributed by atoms with van der Waals surface area (Å²) in [6, 6.07) is 0. The molecular weight excluding hydrogens is 192 g/mol. The second-order valence-electron chi connectivity index (χ2n) is 1.85. The molecule has 0 aliphatic rings. The number of hydrogen-bond donors (Lipinski definition) is 1. The van der Waals surface area contributed by atoms with E-state index in [1.165, 1.54) is 13.0 Å². The molecule has 0 heterocycles. The smallest absolute Gasteiger partial charge is 0.381 e. The van der Waals surface area contributed by atoms with Crippen LogP contribution in [0.25, 0.3) is 0 Å². The van der Waals surface area contributed by atoms with Crippen molar-refractivity contribution >= 4 is 17.9 Å². The van der Waals surface area contributed by atoms with Crippen molar-refractivity contribution in [1.29, 1.82) is 0 Å². The molecule has 1 N–H and O–H groups in total. The van der Waals surface area contributed by atoms with Crippen molar-refractivity contribution in [2.24, 2.45) is 0 Å². The van der Waals surface area contributed by atoms with Crippen LogP contribution < -0.4 is 0 Å². The Hall–Kier alpha value is -1.87. The van der Waals surface area contributed by atoms with E-state index in [1.54, 1.807) is 0 Å². The van der Waals surface area contributed by atoms with Crippen molar-refractivity contribution in [3.63, 3.8) is 0 Å². The van der Waals surface area contributed by atoms with E-state index in [0.29, 0.717) is 0 Å². The number of ether oxygens (including phenoxy) is 2. The lowest BCUT2D eigenvalue weighted by Gasteiger charge is -1.95. The number of carbonyl (C=O) groups excluding carboxylic acids is 2. The van der Waals surface area contributed by atoms with E-state index in [-0.39, 0.29) is 6.61 Å². The van der Waals surface area contributed by atoms with Crippen molar-refractivity contribution in [3.05, 3.63) is 0 Å². The normalized spacial score (nSPS) is 7.50. The second-order valence-corrected chi connectivity index (χ2v) is 1.85. The van der Waals surface area contributed by atoms with E-state index in [0.717, 1.165) is 6.92 Å². The summed E-state index contributed by atoms with van der Waals surface area (Å²) in [6.45, 7) is 0.979. The van der Waals surface area contributed by atoms with Crippen molar-refractivity contribution in [2.75, 3.05) is 13.7 Å². The predicted octanol–water partition coefficient (Wildman–Crippen LogP) is -0.573. The third-order valence-electron chi connectivity index (χ3n) is 0.643. The Labute approximate surface area is 80.8 Å². The zero-order chi connectivity index (χ0) is 11.6. The molecule has 0 radical (unpaired) electrons. The average Bonchev–Trinajstić information content (AvgIpc) is 2.04. The Morgan fingerprint density at radius 2 is 1.86 bits per heavy atom. The number of terminal acetylenes is 1. The van der Waals surface area contributed by atoms with Gasteiger partial charge in [-0.15, -0.1) is 6.42 Å². The number of methoxy groups -OCH3 is 1. The van der Waals surface area contributed by atoms with Gasteiger partial charge in [0.05, 0.1) is 0 Å². The fraction of sp³-hybridized carbons (Fsp3) is 0.375. The molecule has 0 amide bonds. The molecule has 0 saturated heterocycles. The first kappa shape index (κ1) is 14.6. The van der Waals surface area contributed by atoms with Gasteiger partial charge in [-0.05, 0) is 0 Å². The summed E-state index contributed by atoms with van der Waals surface area (Å²) in [4.78, 5) is 29.4. The third-order valence-corrected chi connectivity index (χ3v) is 0.643. The molecule has 78 valence electrons. The highest BCUT2D eigenvalue weighted by atomic mass is 16.6. The van der Waals surface area contributed by atoms with Gasteiger partial charge in [0, 0.05) is 20.0 Å². The van der Waals surface area contributed by atoms with Crippen LogP contribution in [0, 0.1) is 12.3 Å². The minimum Gasteiger partial charge on any atom is -0.472 e. The Morgan fingerprint density at radius 3 is 2.07 bits per heavy atom. The molecule has 0 aromatic carbocycles. The molecule has 0 aromatic rings. The molecule has 0 aliphatic heterocycles. The minimum absolute atomic E-state index is 0.181. The molecule has 0 atom stereocenters. The van der Waals surface area contributed by atoms with E-state index in [1.807, 2.05) is 0 Å². The zero-order valence-electron chi connectivity index (χ0n) is 7.77. The molecule has 0 aliphatic carbocycles. The van der Waals surface area contributed by atoms with Crippen LogP contribution in [0.1, 0.15) is 6.92 Å². The summed E-state index contributed by atoms with van der Waals surface area (Å²) < 4.78 is 8.47. The third kappa shape index (κ3) is 16.6. The Bertz CT molecular complexity index is 249. The Kier molecular flexibility index (Phi) is 9.64. The van der Waals surface area contributed by atoms with E-state index in [9.17, 15) is 9.59 Å². The van der Waals surface area contributed by atoms with Crippen molar-refractivity contribution in [1.82, 2.24) is 0 Å². The summed E-state index contributed by atoms with van der Waals surface area (Å²) in [5, 5.41) is 7.49. The highest BCUT2D eigenvalue weighted by Crippen LogP contribution is 1.78. The molecule has 0 rings (SSSR count). The van der Waals surface area contributed by atoms with Crippen LogP contribution in [0.15, 0.2) is 0 Å². The van der Waals surface area contributed by atoms with Gasteiger partial charge in [0.15, 0.2) is 0 Å². The van der Waals surface area contributed by atoms with Crippen LogP contribution in [-0.2, 0) is 23.9 Å². The molecule has 0 aromatic heterocycles. The lowest BCUT2D eigenvalue weighted by atomic mass is 10.7. The number of carboxylic acid groups (broad SMARTS) is 1.